The second kappa shape index (κ2) is 5.79. The lowest BCUT2D eigenvalue weighted by molar-refractivity contribution is 0.317. The molecule has 0 rings (SSSR count). The Morgan fingerprint density at radius 1 is 1.13 bits per heavy atom. The molecule has 2 N–H and O–H groups in total. The third kappa shape index (κ3) is 3.71. The Kier molecular flexibility index (Phi) is 5.72. The van der Waals surface area contributed by atoms with Gasteiger partial charge in [0.15, 0.2) is 0 Å². The Hall–Kier alpha value is -0.170. The highest BCUT2D eigenvalue weighted by molar-refractivity contribution is 7.86. The highest BCUT2D eigenvalue weighted by Crippen LogP contribution is 2.12. The van der Waals surface area contributed by atoms with Gasteiger partial charge >= 0.3 is 0 Å². The third-order valence-corrected chi connectivity index (χ3v) is 4.90. The molecule has 0 saturated carbocycles. The predicted molar refractivity (Wildman–Crippen MR) is 62.7 cm³/mol. The lowest BCUT2D eigenvalue weighted by Crippen LogP contribution is -2.46. The van der Waals surface area contributed by atoms with Crippen LogP contribution in [0.3, 0.4) is 0 Å². The molecule has 0 bridgehead atoms. The molecule has 0 aliphatic rings. The topological polar surface area (TPSA) is 66.6 Å². The molecule has 0 aliphatic carbocycles. The van der Waals surface area contributed by atoms with E-state index >= 15 is 0 Å². The first-order chi connectivity index (χ1) is 6.75. The van der Waals surface area contributed by atoms with Gasteiger partial charge in [-0.05, 0) is 33.7 Å². The van der Waals surface area contributed by atoms with Gasteiger partial charge in [0, 0.05) is 26.2 Å². The van der Waals surface area contributed by atoms with Gasteiger partial charge in [0.05, 0.1) is 0 Å². The molecule has 0 aromatic heterocycles. The van der Waals surface area contributed by atoms with Crippen molar-refractivity contribution in [3.05, 3.63) is 0 Å². The Bertz CT molecular complexity index is 277. The molecule has 0 saturated heterocycles. The standard InChI is InChI=1S/C9H23N3O2S/c1-8(2)11(4)15(13,14)12(5)9(3)6-7-10/h8-9H,6-7,10H2,1-5H3. The molecule has 92 valence electrons. The molecular formula is C9H23N3O2S. The largest absolute Gasteiger partial charge is 0.330 e. The van der Waals surface area contributed by atoms with Gasteiger partial charge in [-0.1, -0.05) is 0 Å². The molecule has 1 atom stereocenters. The summed E-state index contributed by atoms with van der Waals surface area (Å²) in [6, 6.07) is -0.108. The van der Waals surface area contributed by atoms with Gasteiger partial charge in [-0.2, -0.15) is 17.0 Å². The van der Waals surface area contributed by atoms with Crippen molar-refractivity contribution in [1.29, 1.82) is 0 Å². The monoisotopic (exact) mass is 237 g/mol. The average Bonchev–Trinajstić information content (AvgIpc) is 2.15. The van der Waals surface area contributed by atoms with E-state index in [1.165, 1.54) is 8.61 Å². The van der Waals surface area contributed by atoms with E-state index < -0.39 is 10.2 Å². The normalized spacial score (nSPS) is 15.3. The van der Waals surface area contributed by atoms with Crippen LogP contribution in [0.5, 0.6) is 0 Å². The van der Waals surface area contributed by atoms with Crippen LogP contribution in [0.25, 0.3) is 0 Å². The molecule has 0 amide bonds. The molecule has 1 unspecified atom stereocenters. The fourth-order valence-electron chi connectivity index (χ4n) is 1.12. The molecule has 0 spiro atoms. The summed E-state index contributed by atoms with van der Waals surface area (Å²) in [7, 11) is -0.168. The minimum Gasteiger partial charge on any atom is -0.330 e. The van der Waals surface area contributed by atoms with Gasteiger partial charge in [0.1, 0.15) is 0 Å². The number of hydrogen-bond acceptors (Lipinski definition) is 3. The van der Waals surface area contributed by atoms with E-state index in [1.807, 2.05) is 20.8 Å². The van der Waals surface area contributed by atoms with E-state index in [9.17, 15) is 8.42 Å². The molecule has 0 aliphatic heterocycles. The van der Waals surface area contributed by atoms with Crippen molar-refractivity contribution in [1.82, 2.24) is 8.61 Å². The predicted octanol–water partition coefficient (Wildman–Crippen LogP) is 0.241. The van der Waals surface area contributed by atoms with Crippen LogP contribution < -0.4 is 5.73 Å². The lowest BCUT2D eigenvalue weighted by atomic mass is 10.2. The van der Waals surface area contributed by atoms with E-state index in [4.69, 9.17) is 5.73 Å². The molecule has 15 heavy (non-hydrogen) atoms. The van der Waals surface area contributed by atoms with Crippen LogP contribution in [-0.4, -0.2) is 49.8 Å². The van der Waals surface area contributed by atoms with Crippen LogP contribution in [0, 0.1) is 0 Å². The quantitative estimate of drug-likeness (QED) is 0.719. The van der Waals surface area contributed by atoms with Crippen molar-refractivity contribution in [2.24, 2.45) is 5.73 Å². The fraction of sp³-hybridized carbons (Fsp3) is 1.00. The van der Waals surface area contributed by atoms with Crippen LogP contribution in [0.15, 0.2) is 0 Å². The summed E-state index contributed by atoms with van der Waals surface area (Å²) >= 11 is 0. The first kappa shape index (κ1) is 14.8. The maximum absolute atomic E-state index is 12.0. The molecule has 0 aromatic carbocycles. The van der Waals surface area contributed by atoms with Crippen LogP contribution in [0.1, 0.15) is 27.2 Å². The summed E-state index contributed by atoms with van der Waals surface area (Å²) in [4.78, 5) is 0. The number of nitrogens with two attached hydrogens (primary N) is 1. The first-order valence-corrected chi connectivity index (χ1v) is 6.55. The second-order valence-corrected chi connectivity index (χ2v) is 6.11. The fourth-order valence-corrected chi connectivity index (χ4v) is 2.62. The van der Waals surface area contributed by atoms with E-state index in [0.29, 0.717) is 13.0 Å². The molecule has 5 nitrogen and oxygen atoms in total. The highest BCUT2D eigenvalue weighted by Gasteiger charge is 2.28. The van der Waals surface area contributed by atoms with E-state index in [0.717, 1.165) is 0 Å². The Morgan fingerprint density at radius 2 is 1.60 bits per heavy atom. The van der Waals surface area contributed by atoms with Gasteiger partial charge < -0.3 is 5.73 Å². The first-order valence-electron chi connectivity index (χ1n) is 5.16. The summed E-state index contributed by atoms with van der Waals surface area (Å²) in [5.74, 6) is 0. The molecule has 0 heterocycles. The lowest BCUT2D eigenvalue weighted by Gasteiger charge is -2.30. The van der Waals surface area contributed by atoms with Crippen molar-refractivity contribution in [2.45, 2.75) is 39.3 Å². The maximum atomic E-state index is 12.0. The van der Waals surface area contributed by atoms with Gasteiger partial charge in [0.25, 0.3) is 10.2 Å². The van der Waals surface area contributed by atoms with Crippen LogP contribution in [-0.2, 0) is 10.2 Å². The number of rotatable bonds is 6. The van der Waals surface area contributed by atoms with E-state index in [-0.39, 0.29) is 12.1 Å². The minimum absolute atomic E-state index is 0.0393. The smallest absolute Gasteiger partial charge is 0.281 e. The van der Waals surface area contributed by atoms with Crippen molar-refractivity contribution < 1.29 is 8.42 Å². The third-order valence-electron chi connectivity index (χ3n) is 2.66. The van der Waals surface area contributed by atoms with E-state index in [1.54, 1.807) is 14.1 Å². The molecule has 0 radical (unpaired) electrons. The Balaban J connectivity index is 4.73. The zero-order valence-electron chi connectivity index (χ0n) is 10.3. The summed E-state index contributed by atoms with van der Waals surface area (Å²) in [5, 5.41) is 0. The summed E-state index contributed by atoms with van der Waals surface area (Å²) in [5.41, 5.74) is 5.41. The number of hydrogen-bond donors (Lipinski definition) is 1. The summed E-state index contributed by atoms with van der Waals surface area (Å²) in [6.07, 6.45) is 0.668. The highest BCUT2D eigenvalue weighted by atomic mass is 32.2. The van der Waals surface area contributed by atoms with E-state index in [2.05, 4.69) is 0 Å². The Labute approximate surface area is 93.4 Å². The minimum atomic E-state index is -3.35. The van der Waals surface area contributed by atoms with Crippen molar-refractivity contribution >= 4 is 10.2 Å². The summed E-state index contributed by atoms with van der Waals surface area (Å²) in [6.45, 7) is 6.04. The van der Waals surface area contributed by atoms with Crippen LogP contribution in [0.4, 0.5) is 0 Å². The van der Waals surface area contributed by atoms with Gasteiger partial charge in [-0.3, -0.25) is 0 Å². The van der Waals surface area contributed by atoms with Crippen molar-refractivity contribution in [3.63, 3.8) is 0 Å². The average molecular weight is 237 g/mol. The van der Waals surface area contributed by atoms with Crippen LogP contribution >= 0.6 is 0 Å². The maximum Gasteiger partial charge on any atom is 0.281 e. The molecule has 0 fully saturated rings. The molecule has 6 heteroatoms. The summed E-state index contributed by atoms with van der Waals surface area (Å²) < 4.78 is 26.7. The molecule has 0 aromatic rings. The Morgan fingerprint density at radius 3 is 1.93 bits per heavy atom. The van der Waals surface area contributed by atoms with Gasteiger partial charge in [0.2, 0.25) is 0 Å². The molecular weight excluding hydrogens is 214 g/mol. The zero-order chi connectivity index (χ0) is 12.2. The zero-order valence-corrected chi connectivity index (χ0v) is 11.1. The van der Waals surface area contributed by atoms with Crippen molar-refractivity contribution in [3.8, 4) is 0 Å². The number of nitrogens with zero attached hydrogens (tertiary/aromatic N) is 2. The van der Waals surface area contributed by atoms with Gasteiger partial charge in [-0.25, -0.2) is 0 Å². The van der Waals surface area contributed by atoms with Crippen molar-refractivity contribution in [2.75, 3.05) is 20.6 Å². The van der Waals surface area contributed by atoms with Crippen LogP contribution in [0.2, 0.25) is 0 Å². The SMILES string of the molecule is CC(C)N(C)S(=O)(=O)N(C)C(C)CCN. The van der Waals surface area contributed by atoms with Gasteiger partial charge in [-0.15, -0.1) is 0 Å². The second-order valence-electron chi connectivity index (χ2n) is 4.06.